The fourth-order valence-electron chi connectivity index (χ4n) is 1.67. The molecule has 0 aliphatic carbocycles. The number of carboxylic acid groups (broad SMARTS) is 1. The van der Waals surface area contributed by atoms with Crippen LogP contribution in [0.5, 0.6) is 5.75 Å². The molecule has 0 aliphatic heterocycles. The van der Waals surface area contributed by atoms with Crippen LogP contribution in [-0.4, -0.2) is 42.2 Å². The third kappa shape index (κ3) is 5.94. The lowest BCUT2D eigenvalue weighted by Gasteiger charge is -2.20. The SMILES string of the molecule is CC(CN(C)C(=O)NCc1ccc(OC(F)F)cc1)C(=O)O. The average molecular weight is 316 g/mol. The molecule has 2 amide bonds. The molecule has 0 heterocycles. The second-order valence-electron chi connectivity index (χ2n) is 4.80. The van der Waals surface area contributed by atoms with Crippen LogP contribution in [0.4, 0.5) is 13.6 Å². The summed E-state index contributed by atoms with van der Waals surface area (Å²) < 4.78 is 28.2. The molecule has 0 bridgehead atoms. The Morgan fingerprint density at radius 3 is 2.41 bits per heavy atom. The van der Waals surface area contributed by atoms with Gasteiger partial charge in [0, 0.05) is 20.1 Å². The maximum atomic E-state index is 12.0. The predicted molar refractivity (Wildman–Crippen MR) is 74.7 cm³/mol. The van der Waals surface area contributed by atoms with Crippen molar-refractivity contribution in [2.75, 3.05) is 13.6 Å². The monoisotopic (exact) mass is 316 g/mol. The minimum atomic E-state index is -2.88. The van der Waals surface area contributed by atoms with Crippen molar-refractivity contribution in [3.8, 4) is 5.75 Å². The molecule has 122 valence electrons. The summed E-state index contributed by atoms with van der Waals surface area (Å²) in [6, 6.07) is 5.45. The van der Waals surface area contributed by atoms with Crippen molar-refractivity contribution in [2.45, 2.75) is 20.1 Å². The molecule has 1 rings (SSSR count). The van der Waals surface area contributed by atoms with E-state index in [1.807, 2.05) is 0 Å². The predicted octanol–water partition coefficient (Wildman–Crippen LogP) is 2.15. The molecule has 0 aliphatic rings. The summed E-state index contributed by atoms with van der Waals surface area (Å²) in [5.41, 5.74) is 0.703. The van der Waals surface area contributed by atoms with Gasteiger partial charge >= 0.3 is 18.6 Å². The van der Waals surface area contributed by atoms with Gasteiger partial charge in [0.1, 0.15) is 5.75 Å². The highest BCUT2D eigenvalue weighted by Crippen LogP contribution is 2.14. The molecule has 0 fully saturated rings. The minimum absolute atomic E-state index is 0.0393. The number of aliphatic carboxylic acids is 1. The number of rotatable bonds is 7. The lowest BCUT2D eigenvalue weighted by molar-refractivity contribution is -0.141. The van der Waals surface area contributed by atoms with Gasteiger partial charge in [0.05, 0.1) is 5.92 Å². The van der Waals surface area contributed by atoms with Gasteiger partial charge < -0.3 is 20.1 Å². The Balaban J connectivity index is 2.45. The summed E-state index contributed by atoms with van der Waals surface area (Å²) in [5.74, 6) is -1.60. The van der Waals surface area contributed by atoms with Crippen LogP contribution >= 0.6 is 0 Å². The molecule has 0 aromatic heterocycles. The number of hydrogen-bond acceptors (Lipinski definition) is 3. The van der Waals surface area contributed by atoms with Crippen LogP contribution in [-0.2, 0) is 11.3 Å². The van der Waals surface area contributed by atoms with Crippen molar-refractivity contribution >= 4 is 12.0 Å². The summed E-state index contributed by atoms with van der Waals surface area (Å²) >= 11 is 0. The zero-order chi connectivity index (χ0) is 16.7. The molecule has 6 nitrogen and oxygen atoms in total. The number of nitrogens with zero attached hydrogens (tertiary/aromatic N) is 1. The van der Waals surface area contributed by atoms with Gasteiger partial charge in [-0.25, -0.2) is 4.79 Å². The quantitative estimate of drug-likeness (QED) is 0.808. The number of halogens is 2. The van der Waals surface area contributed by atoms with Gasteiger partial charge in [-0.2, -0.15) is 8.78 Å². The maximum absolute atomic E-state index is 12.0. The van der Waals surface area contributed by atoms with Crippen LogP contribution in [0, 0.1) is 5.92 Å². The second-order valence-corrected chi connectivity index (χ2v) is 4.80. The van der Waals surface area contributed by atoms with E-state index in [0.717, 1.165) is 0 Å². The minimum Gasteiger partial charge on any atom is -0.481 e. The number of nitrogens with one attached hydrogen (secondary N) is 1. The Morgan fingerprint density at radius 1 is 1.32 bits per heavy atom. The molecule has 1 aromatic rings. The molecule has 0 radical (unpaired) electrons. The van der Waals surface area contributed by atoms with E-state index < -0.39 is 24.5 Å². The standard InChI is InChI=1S/C14H18F2N2O4/c1-9(12(19)20)8-18(2)14(21)17-7-10-3-5-11(6-4-10)22-13(15)16/h3-6,9,13H,7-8H2,1-2H3,(H,17,21)(H,19,20). The first-order valence-electron chi connectivity index (χ1n) is 6.55. The number of urea groups is 1. The number of carboxylic acids is 1. The molecule has 1 aromatic carbocycles. The summed E-state index contributed by atoms with van der Waals surface area (Å²) in [7, 11) is 1.49. The maximum Gasteiger partial charge on any atom is 0.387 e. The van der Waals surface area contributed by atoms with E-state index in [4.69, 9.17) is 5.11 Å². The first-order chi connectivity index (χ1) is 10.3. The number of alkyl halides is 2. The first-order valence-corrected chi connectivity index (χ1v) is 6.55. The van der Waals surface area contributed by atoms with Gasteiger partial charge in [0.25, 0.3) is 0 Å². The largest absolute Gasteiger partial charge is 0.481 e. The molecular formula is C14H18F2N2O4. The normalized spacial score (nSPS) is 11.9. The van der Waals surface area contributed by atoms with Gasteiger partial charge in [-0.3, -0.25) is 4.79 Å². The molecule has 1 unspecified atom stereocenters. The third-order valence-corrected chi connectivity index (χ3v) is 2.91. The Labute approximate surface area is 126 Å². The molecule has 0 spiro atoms. The molecule has 0 saturated heterocycles. The van der Waals surface area contributed by atoms with Crippen molar-refractivity contribution in [3.63, 3.8) is 0 Å². The number of ether oxygens (including phenoxy) is 1. The van der Waals surface area contributed by atoms with Gasteiger partial charge in [0.2, 0.25) is 0 Å². The number of hydrogen-bond donors (Lipinski definition) is 2. The van der Waals surface area contributed by atoms with Gasteiger partial charge in [-0.05, 0) is 17.7 Å². The Morgan fingerprint density at radius 2 is 1.91 bits per heavy atom. The fraction of sp³-hybridized carbons (Fsp3) is 0.429. The molecule has 2 N–H and O–H groups in total. The average Bonchev–Trinajstić information content (AvgIpc) is 2.45. The van der Waals surface area contributed by atoms with E-state index in [1.165, 1.54) is 31.0 Å². The van der Waals surface area contributed by atoms with Crippen molar-refractivity contribution < 1.29 is 28.2 Å². The molecule has 22 heavy (non-hydrogen) atoms. The van der Waals surface area contributed by atoms with Gasteiger partial charge in [0.15, 0.2) is 0 Å². The van der Waals surface area contributed by atoms with Gasteiger partial charge in [-0.1, -0.05) is 19.1 Å². The molecule has 1 atom stereocenters. The highest BCUT2D eigenvalue weighted by Gasteiger charge is 2.17. The van der Waals surface area contributed by atoms with Crippen molar-refractivity contribution in [2.24, 2.45) is 5.92 Å². The summed E-state index contributed by atoms with van der Waals surface area (Å²) in [6.07, 6.45) is 0. The lowest BCUT2D eigenvalue weighted by Crippen LogP contribution is -2.40. The number of benzene rings is 1. The topological polar surface area (TPSA) is 78.9 Å². The highest BCUT2D eigenvalue weighted by molar-refractivity contribution is 5.75. The third-order valence-electron chi connectivity index (χ3n) is 2.91. The van der Waals surface area contributed by atoms with Crippen molar-refractivity contribution in [1.29, 1.82) is 0 Å². The summed E-state index contributed by atoms with van der Waals surface area (Å²) in [5, 5.41) is 11.4. The zero-order valence-electron chi connectivity index (χ0n) is 12.3. The van der Waals surface area contributed by atoms with Crippen LogP contribution in [0.25, 0.3) is 0 Å². The van der Waals surface area contributed by atoms with E-state index in [0.29, 0.717) is 5.56 Å². The van der Waals surface area contributed by atoms with E-state index in [1.54, 1.807) is 12.1 Å². The lowest BCUT2D eigenvalue weighted by atomic mass is 10.2. The Bertz CT molecular complexity index is 508. The van der Waals surface area contributed by atoms with E-state index >= 15 is 0 Å². The number of carbonyl (C=O) groups excluding carboxylic acids is 1. The number of carbonyl (C=O) groups is 2. The molecule has 8 heteroatoms. The van der Waals surface area contributed by atoms with E-state index in [9.17, 15) is 18.4 Å². The van der Waals surface area contributed by atoms with Crippen LogP contribution < -0.4 is 10.1 Å². The van der Waals surface area contributed by atoms with E-state index in [2.05, 4.69) is 10.1 Å². The Hall–Kier alpha value is -2.38. The van der Waals surface area contributed by atoms with Crippen LogP contribution in [0.1, 0.15) is 12.5 Å². The first kappa shape index (κ1) is 17.7. The fourth-order valence-corrected chi connectivity index (χ4v) is 1.67. The summed E-state index contributed by atoms with van der Waals surface area (Å²) in [6.45, 7) is -1.09. The van der Waals surface area contributed by atoms with E-state index in [-0.39, 0.29) is 18.8 Å². The number of amides is 2. The highest BCUT2D eigenvalue weighted by atomic mass is 19.3. The molecule has 0 saturated carbocycles. The van der Waals surface area contributed by atoms with Crippen LogP contribution in [0.2, 0.25) is 0 Å². The second kappa shape index (κ2) is 8.16. The Kier molecular flexibility index (Phi) is 6.55. The smallest absolute Gasteiger partial charge is 0.387 e. The molecular weight excluding hydrogens is 298 g/mol. The van der Waals surface area contributed by atoms with Crippen LogP contribution in [0.3, 0.4) is 0 Å². The summed E-state index contributed by atoms with van der Waals surface area (Å²) in [4.78, 5) is 23.8. The van der Waals surface area contributed by atoms with Gasteiger partial charge in [-0.15, -0.1) is 0 Å². The van der Waals surface area contributed by atoms with Crippen molar-refractivity contribution in [3.05, 3.63) is 29.8 Å². The van der Waals surface area contributed by atoms with Crippen molar-refractivity contribution in [1.82, 2.24) is 10.2 Å². The van der Waals surface area contributed by atoms with Crippen LogP contribution in [0.15, 0.2) is 24.3 Å². The zero-order valence-corrected chi connectivity index (χ0v) is 12.3.